The predicted octanol–water partition coefficient (Wildman–Crippen LogP) is 2.77. The molecule has 2 aromatic carbocycles. The summed E-state index contributed by atoms with van der Waals surface area (Å²) in [5, 5.41) is 0. The zero-order chi connectivity index (χ0) is 19.6. The van der Waals surface area contributed by atoms with E-state index >= 15 is 0 Å². The summed E-state index contributed by atoms with van der Waals surface area (Å²) in [5.41, 5.74) is 1.31. The molecule has 0 unspecified atom stereocenters. The van der Waals surface area contributed by atoms with Crippen molar-refractivity contribution >= 4 is 27.7 Å². The Morgan fingerprint density at radius 2 is 1.93 bits per heavy atom. The number of hydrogen-bond donors (Lipinski definition) is 0. The van der Waals surface area contributed by atoms with Crippen LogP contribution in [0.1, 0.15) is 11.1 Å². The molecule has 0 N–H and O–H groups in total. The van der Waals surface area contributed by atoms with Crippen LogP contribution < -0.4 is 9.64 Å². The van der Waals surface area contributed by atoms with Crippen molar-refractivity contribution in [3.8, 4) is 5.75 Å². The highest BCUT2D eigenvalue weighted by molar-refractivity contribution is 7.89. The van der Waals surface area contributed by atoms with Gasteiger partial charge in [-0.15, -0.1) is 0 Å². The number of anilines is 1. The highest BCUT2D eigenvalue weighted by Crippen LogP contribution is 2.24. The molecule has 0 spiro atoms. The van der Waals surface area contributed by atoms with E-state index in [0.29, 0.717) is 28.4 Å². The van der Waals surface area contributed by atoms with Crippen molar-refractivity contribution in [2.75, 3.05) is 24.9 Å². The molecular formula is C18H17F2N3O3S. The molecule has 3 rings (SSSR count). The van der Waals surface area contributed by atoms with Crippen molar-refractivity contribution in [1.29, 1.82) is 0 Å². The molecule has 0 fully saturated rings. The number of hydrogen-bond acceptors (Lipinski definition) is 6. The molecule has 0 saturated heterocycles. The van der Waals surface area contributed by atoms with Gasteiger partial charge in [0.25, 0.3) is 0 Å². The van der Waals surface area contributed by atoms with Crippen LogP contribution in [-0.2, 0) is 15.6 Å². The van der Waals surface area contributed by atoms with Gasteiger partial charge in [-0.3, -0.25) is 0 Å². The fourth-order valence-electron chi connectivity index (χ4n) is 2.68. The summed E-state index contributed by atoms with van der Waals surface area (Å²) >= 11 is 0. The molecule has 0 bridgehead atoms. The zero-order valence-electron chi connectivity index (χ0n) is 14.7. The largest absolute Gasteiger partial charge is 0.496 e. The standard InChI is InChI=1S/C18H17F2N3O3S/c1-26-17-8-13(19)3-4-16(17)18-21-10-23(11-22-18)15-6-12(5-14(20)7-15)9-27(2,24)25/h3-8,10H,9,11H2,1-2H3. The van der Waals surface area contributed by atoms with Crippen LogP contribution in [0.15, 0.2) is 46.4 Å². The maximum Gasteiger partial charge on any atom is 0.161 e. The highest BCUT2D eigenvalue weighted by atomic mass is 32.2. The molecule has 1 aliphatic heterocycles. The number of amidine groups is 1. The summed E-state index contributed by atoms with van der Waals surface area (Å²) < 4.78 is 55.3. The van der Waals surface area contributed by atoms with Gasteiger partial charge in [0.05, 0.1) is 24.8 Å². The van der Waals surface area contributed by atoms with E-state index in [1.54, 1.807) is 11.0 Å². The average molecular weight is 393 g/mol. The van der Waals surface area contributed by atoms with Gasteiger partial charge in [0.1, 0.15) is 24.1 Å². The lowest BCUT2D eigenvalue weighted by molar-refractivity contribution is 0.410. The molecule has 1 aliphatic rings. The van der Waals surface area contributed by atoms with E-state index in [9.17, 15) is 17.2 Å². The van der Waals surface area contributed by atoms with Crippen LogP contribution in [0.2, 0.25) is 0 Å². The third-order valence-electron chi connectivity index (χ3n) is 3.80. The Morgan fingerprint density at radius 3 is 2.56 bits per heavy atom. The fraction of sp³-hybridized carbons (Fsp3) is 0.222. The number of aliphatic imine (C=N–C) groups is 2. The first kappa shape index (κ1) is 19.0. The Morgan fingerprint density at radius 1 is 1.15 bits per heavy atom. The molecule has 9 heteroatoms. The number of halogens is 2. The van der Waals surface area contributed by atoms with E-state index in [-0.39, 0.29) is 12.4 Å². The lowest BCUT2D eigenvalue weighted by atomic mass is 10.1. The Kier molecular flexibility index (Phi) is 5.22. The number of ether oxygens (including phenoxy) is 1. The zero-order valence-corrected chi connectivity index (χ0v) is 15.5. The van der Waals surface area contributed by atoms with Gasteiger partial charge in [0.2, 0.25) is 0 Å². The smallest absolute Gasteiger partial charge is 0.161 e. The number of sulfone groups is 1. The summed E-state index contributed by atoms with van der Waals surface area (Å²) in [6.07, 6.45) is 2.55. The summed E-state index contributed by atoms with van der Waals surface area (Å²) in [5.74, 6) is -0.578. The van der Waals surface area contributed by atoms with Crippen molar-refractivity contribution < 1.29 is 21.9 Å². The number of methoxy groups -OCH3 is 1. The molecule has 0 aromatic heterocycles. The summed E-state index contributed by atoms with van der Waals surface area (Å²) in [6.45, 7) is 0.140. The molecule has 0 aliphatic carbocycles. The monoisotopic (exact) mass is 393 g/mol. The van der Waals surface area contributed by atoms with Gasteiger partial charge in [0, 0.05) is 18.0 Å². The Bertz CT molecular complexity index is 1040. The van der Waals surface area contributed by atoms with Crippen molar-refractivity contribution in [2.45, 2.75) is 5.75 Å². The first-order chi connectivity index (χ1) is 12.7. The van der Waals surface area contributed by atoms with Gasteiger partial charge in [-0.05, 0) is 35.9 Å². The summed E-state index contributed by atoms with van der Waals surface area (Å²) in [7, 11) is -1.86. The van der Waals surface area contributed by atoms with Crippen LogP contribution in [0.4, 0.5) is 14.5 Å². The van der Waals surface area contributed by atoms with Gasteiger partial charge in [-0.1, -0.05) is 0 Å². The van der Waals surface area contributed by atoms with E-state index in [1.165, 1.54) is 43.8 Å². The number of rotatable bonds is 5. The minimum Gasteiger partial charge on any atom is -0.496 e. The maximum atomic E-state index is 13.9. The third kappa shape index (κ3) is 4.68. The Labute approximate surface area is 155 Å². The predicted molar refractivity (Wildman–Crippen MR) is 100 cm³/mol. The normalized spacial score (nSPS) is 14.2. The van der Waals surface area contributed by atoms with Crippen LogP contribution in [0.3, 0.4) is 0 Å². The van der Waals surface area contributed by atoms with E-state index in [4.69, 9.17) is 4.74 Å². The van der Waals surface area contributed by atoms with Crippen LogP contribution in [0, 0.1) is 11.6 Å². The minimum absolute atomic E-state index is 0.140. The fourth-order valence-corrected chi connectivity index (χ4v) is 3.46. The molecule has 27 heavy (non-hydrogen) atoms. The minimum atomic E-state index is -3.29. The first-order valence-electron chi connectivity index (χ1n) is 7.91. The topological polar surface area (TPSA) is 71.3 Å². The van der Waals surface area contributed by atoms with Crippen molar-refractivity contribution in [2.24, 2.45) is 9.98 Å². The Balaban J connectivity index is 1.85. The molecule has 142 valence electrons. The Hall–Kier alpha value is -2.81. The summed E-state index contributed by atoms with van der Waals surface area (Å²) in [4.78, 5) is 10.1. The highest BCUT2D eigenvalue weighted by Gasteiger charge is 2.16. The third-order valence-corrected chi connectivity index (χ3v) is 4.66. The number of nitrogens with zero attached hydrogens (tertiary/aromatic N) is 3. The van der Waals surface area contributed by atoms with Crippen molar-refractivity contribution in [3.63, 3.8) is 0 Å². The van der Waals surface area contributed by atoms with Crippen LogP contribution in [0.25, 0.3) is 0 Å². The first-order valence-corrected chi connectivity index (χ1v) is 9.97. The molecular weight excluding hydrogens is 376 g/mol. The van der Waals surface area contributed by atoms with E-state index < -0.39 is 21.5 Å². The second kappa shape index (κ2) is 7.43. The van der Waals surface area contributed by atoms with E-state index in [1.807, 2.05) is 0 Å². The molecule has 0 atom stereocenters. The molecule has 2 aromatic rings. The van der Waals surface area contributed by atoms with E-state index in [0.717, 1.165) is 6.26 Å². The molecule has 0 radical (unpaired) electrons. The van der Waals surface area contributed by atoms with Crippen LogP contribution >= 0.6 is 0 Å². The second-order valence-electron chi connectivity index (χ2n) is 6.07. The van der Waals surface area contributed by atoms with Gasteiger partial charge in [-0.2, -0.15) is 0 Å². The molecule has 0 amide bonds. The lowest BCUT2D eigenvalue weighted by Gasteiger charge is -2.22. The van der Waals surface area contributed by atoms with E-state index in [2.05, 4.69) is 9.98 Å². The second-order valence-corrected chi connectivity index (χ2v) is 8.21. The van der Waals surface area contributed by atoms with Gasteiger partial charge in [0.15, 0.2) is 15.7 Å². The maximum absolute atomic E-state index is 13.9. The van der Waals surface area contributed by atoms with Gasteiger partial charge in [-0.25, -0.2) is 27.2 Å². The van der Waals surface area contributed by atoms with Gasteiger partial charge < -0.3 is 9.64 Å². The SMILES string of the molecule is COc1cc(F)ccc1C1=NCN(c2cc(F)cc(CS(C)(=O)=O)c2)C=N1. The molecule has 6 nitrogen and oxygen atoms in total. The average Bonchev–Trinajstić information content (AvgIpc) is 2.60. The van der Waals surface area contributed by atoms with Crippen LogP contribution in [-0.4, -0.2) is 40.6 Å². The molecule has 1 heterocycles. The lowest BCUT2D eigenvalue weighted by Crippen LogP contribution is -2.27. The summed E-state index contributed by atoms with van der Waals surface area (Å²) in [6, 6.07) is 8.08. The van der Waals surface area contributed by atoms with Crippen molar-refractivity contribution in [1.82, 2.24) is 0 Å². The molecule has 0 saturated carbocycles. The van der Waals surface area contributed by atoms with Crippen LogP contribution in [0.5, 0.6) is 5.75 Å². The quantitative estimate of drug-likeness (QED) is 0.783. The van der Waals surface area contributed by atoms with Crippen molar-refractivity contribution in [3.05, 3.63) is 59.2 Å². The van der Waals surface area contributed by atoms with Gasteiger partial charge >= 0.3 is 0 Å². The number of benzene rings is 2.